The summed E-state index contributed by atoms with van der Waals surface area (Å²) in [5.41, 5.74) is 7.12. The van der Waals surface area contributed by atoms with Gasteiger partial charge in [0, 0.05) is 25.0 Å². The van der Waals surface area contributed by atoms with Gasteiger partial charge in [0.1, 0.15) is 24.2 Å². The number of nitrogens with zero attached hydrogens (tertiary/aromatic N) is 4. The van der Waals surface area contributed by atoms with Crippen LogP contribution in [0.3, 0.4) is 0 Å². The number of hydrogen-bond donors (Lipinski definition) is 3. The first-order chi connectivity index (χ1) is 14.4. The highest BCUT2D eigenvalue weighted by atomic mass is 16.6. The molecule has 1 aliphatic rings. The van der Waals surface area contributed by atoms with Crippen LogP contribution in [0.1, 0.15) is 18.2 Å². The number of nitro groups is 1. The van der Waals surface area contributed by atoms with Gasteiger partial charge in [-0.15, -0.1) is 0 Å². The van der Waals surface area contributed by atoms with Crippen LogP contribution in [0, 0.1) is 10.1 Å². The summed E-state index contributed by atoms with van der Waals surface area (Å²) in [5.74, 6) is 0.213. The third kappa shape index (κ3) is 4.87. The fraction of sp³-hybridized carbons (Fsp3) is 0.421. The van der Waals surface area contributed by atoms with Crippen molar-refractivity contribution in [2.24, 2.45) is 10.7 Å². The highest BCUT2D eigenvalue weighted by Crippen LogP contribution is 2.31. The second kappa shape index (κ2) is 9.57. The Morgan fingerprint density at radius 2 is 2.03 bits per heavy atom. The Kier molecular flexibility index (Phi) is 6.87. The molecule has 3 rings (SSSR count). The summed E-state index contributed by atoms with van der Waals surface area (Å²) in [7, 11) is 0. The van der Waals surface area contributed by atoms with Crippen molar-refractivity contribution in [3.63, 3.8) is 0 Å². The van der Waals surface area contributed by atoms with E-state index in [4.69, 9.17) is 15.2 Å². The van der Waals surface area contributed by atoms with E-state index in [1.165, 1.54) is 18.5 Å². The standard InChI is InChI=1S/C19H23N5O6/c1-11-17(25)18(26)15(30-11)8-14-16(21-9-20)19(23-10-22-14)29-7-6-12-2-4-13(5-3-12)24(27)28/h2-5,9-11,15,17-18,25-26H,6-8H2,1H3,(H2,20,21)/t11-,15+,17-,18+/m1/s1. The highest BCUT2D eigenvalue weighted by Gasteiger charge is 2.40. The molecule has 11 heteroatoms. The molecule has 30 heavy (non-hydrogen) atoms. The molecular formula is C19H23N5O6. The number of benzene rings is 1. The molecule has 11 nitrogen and oxygen atoms in total. The first-order valence-corrected chi connectivity index (χ1v) is 9.36. The van der Waals surface area contributed by atoms with E-state index in [1.807, 2.05) is 0 Å². The Morgan fingerprint density at radius 1 is 1.30 bits per heavy atom. The van der Waals surface area contributed by atoms with Gasteiger partial charge in [-0.2, -0.15) is 4.98 Å². The maximum atomic E-state index is 10.7. The fourth-order valence-corrected chi connectivity index (χ4v) is 3.20. The maximum absolute atomic E-state index is 10.7. The van der Waals surface area contributed by atoms with Gasteiger partial charge in [-0.05, 0) is 12.5 Å². The zero-order chi connectivity index (χ0) is 21.7. The Labute approximate surface area is 172 Å². The molecule has 160 valence electrons. The molecule has 0 spiro atoms. The third-order valence-corrected chi connectivity index (χ3v) is 4.84. The summed E-state index contributed by atoms with van der Waals surface area (Å²) in [4.78, 5) is 22.7. The minimum absolute atomic E-state index is 0.0236. The topological polar surface area (TPSA) is 166 Å². The molecule has 0 amide bonds. The van der Waals surface area contributed by atoms with Gasteiger partial charge >= 0.3 is 0 Å². The summed E-state index contributed by atoms with van der Waals surface area (Å²) in [6.07, 6.45) is -0.0716. The lowest BCUT2D eigenvalue weighted by Gasteiger charge is -2.16. The summed E-state index contributed by atoms with van der Waals surface area (Å²) in [6.45, 7) is 1.93. The molecule has 2 aromatic rings. The van der Waals surface area contributed by atoms with Crippen LogP contribution in [0.15, 0.2) is 35.6 Å². The van der Waals surface area contributed by atoms with Crippen molar-refractivity contribution in [1.29, 1.82) is 0 Å². The number of nitrogens with two attached hydrogens (primary N) is 1. The van der Waals surface area contributed by atoms with Crippen LogP contribution in [0.5, 0.6) is 5.88 Å². The van der Waals surface area contributed by atoms with E-state index in [0.717, 1.165) is 11.9 Å². The van der Waals surface area contributed by atoms with Gasteiger partial charge in [-0.25, -0.2) is 9.98 Å². The molecular weight excluding hydrogens is 394 g/mol. The van der Waals surface area contributed by atoms with E-state index in [1.54, 1.807) is 19.1 Å². The van der Waals surface area contributed by atoms with Gasteiger partial charge in [0.2, 0.25) is 5.88 Å². The van der Waals surface area contributed by atoms with Crippen LogP contribution in [0.4, 0.5) is 11.4 Å². The largest absolute Gasteiger partial charge is 0.476 e. The lowest BCUT2D eigenvalue weighted by molar-refractivity contribution is -0.384. The van der Waals surface area contributed by atoms with E-state index in [9.17, 15) is 20.3 Å². The molecule has 0 aliphatic carbocycles. The zero-order valence-corrected chi connectivity index (χ0v) is 16.3. The predicted molar refractivity (Wildman–Crippen MR) is 107 cm³/mol. The van der Waals surface area contributed by atoms with Crippen LogP contribution in [0.2, 0.25) is 0 Å². The Morgan fingerprint density at radius 3 is 2.63 bits per heavy atom. The van der Waals surface area contributed by atoms with Crippen molar-refractivity contribution in [3.05, 3.63) is 52.0 Å². The second-order valence-corrected chi connectivity index (χ2v) is 6.84. The first kappa shape index (κ1) is 21.6. The molecule has 1 saturated heterocycles. The molecule has 2 heterocycles. The number of aromatic nitrogens is 2. The number of hydrogen-bond acceptors (Lipinski definition) is 9. The van der Waals surface area contributed by atoms with E-state index in [-0.39, 0.29) is 24.6 Å². The van der Waals surface area contributed by atoms with E-state index >= 15 is 0 Å². The summed E-state index contributed by atoms with van der Waals surface area (Å²) < 4.78 is 11.3. The van der Waals surface area contributed by atoms with Gasteiger partial charge in [-0.1, -0.05) is 12.1 Å². The molecule has 1 aliphatic heterocycles. The number of rotatable bonds is 8. The quantitative estimate of drug-likeness (QED) is 0.242. The Bertz CT molecular complexity index is 907. The number of non-ortho nitro benzene ring substituents is 1. The molecule has 1 aromatic carbocycles. The van der Waals surface area contributed by atoms with Crippen molar-refractivity contribution in [1.82, 2.24) is 9.97 Å². The van der Waals surface area contributed by atoms with Gasteiger partial charge in [0.05, 0.1) is 35.8 Å². The van der Waals surface area contributed by atoms with E-state index in [2.05, 4.69) is 15.0 Å². The average molecular weight is 417 g/mol. The van der Waals surface area contributed by atoms with Crippen molar-refractivity contribution in [2.75, 3.05) is 6.61 Å². The smallest absolute Gasteiger partial charge is 0.269 e. The number of aliphatic imine (C=N–C) groups is 1. The average Bonchev–Trinajstić information content (AvgIpc) is 2.97. The predicted octanol–water partition coefficient (Wildman–Crippen LogP) is 0.676. The number of aliphatic hydroxyl groups excluding tert-OH is 2. The van der Waals surface area contributed by atoms with Crippen molar-refractivity contribution < 1.29 is 24.6 Å². The summed E-state index contributed by atoms with van der Waals surface area (Å²) in [6, 6.07) is 6.20. The minimum Gasteiger partial charge on any atom is -0.476 e. The normalized spacial score (nSPS) is 23.7. The van der Waals surface area contributed by atoms with Crippen molar-refractivity contribution >= 4 is 17.7 Å². The second-order valence-electron chi connectivity index (χ2n) is 6.84. The van der Waals surface area contributed by atoms with E-state index < -0.39 is 29.3 Å². The van der Waals surface area contributed by atoms with Crippen LogP contribution in [-0.2, 0) is 17.6 Å². The van der Waals surface area contributed by atoms with Crippen LogP contribution in [-0.4, -0.2) is 62.5 Å². The summed E-state index contributed by atoms with van der Waals surface area (Å²) >= 11 is 0. The van der Waals surface area contributed by atoms with Gasteiger partial charge < -0.3 is 25.4 Å². The Balaban J connectivity index is 1.69. The fourth-order valence-electron chi connectivity index (χ4n) is 3.20. The van der Waals surface area contributed by atoms with Crippen LogP contribution in [0.25, 0.3) is 0 Å². The molecule has 0 saturated carbocycles. The van der Waals surface area contributed by atoms with E-state index in [0.29, 0.717) is 17.8 Å². The van der Waals surface area contributed by atoms with Crippen molar-refractivity contribution in [2.45, 2.75) is 44.2 Å². The SMILES string of the molecule is C[C@H]1O[C@@H](Cc2ncnc(OCCc3ccc([N+](=O)[O-])cc3)c2N=CN)[C@H](O)[C@@H]1O. The number of nitro benzene ring substituents is 1. The van der Waals surface area contributed by atoms with Gasteiger partial charge in [-0.3, -0.25) is 10.1 Å². The summed E-state index contributed by atoms with van der Waals surface area (Å²) in [5, 5.41) is 30.8. The third-order valence-electron chi connectivity index (χ3n) is 4.84. The van der Waals surface area contributed by atoms with Crippen LogP contribution >= 0.6 is 0 Å². The lowest BCUT2D eigenvalue weighted by Crippen LogP contribution is -2.32. The highest BCUT2D eigenvalue weighted by molar-refractivity contribution is 5.63. The molecule has 1 fully saturated rings. The number of aliphatic hydroxyl groups is 2. The number of ether oxygens (including phenoxy) is 2. The molecule has 0 unspecified atom stereocenters. The Hall–Kier alpha value is -3.15. The maximum Gasteiger partial charge on any atom is 0.269 e. The molecule has 4 N–H and O–H groups in total. The molecule has 0 bridgehead atoms. The monoisotopic (exact) mass is 417 g/mol. The molecule has 4 atom stereocenters. The molecule has 1 aromatic heterocycles. The zero-order valence-electron chi connectivity index (χ0n) is 16.3. The van der Waals surface area contributed by atoms with Gasteiger partial charge in [0.25, 0.3) is 5.69 Å². The van der Waals surface area contributed by atoms with Crippen molar-refractivity contribution in [3.8, 4) is 5.88 Å². The van der Waals surface area contributed by atoms with Crippen LogP contribution < -0.4 is 10.5 Å². The lowest BCUT2D eigenvalue weighted by atomic mass is 10.0. The minimum atomic E-state index is -1.05. The van der Waals surface area contributed by atoms with Gasteiger partial charge in [0.15, 0.2) is 0 Å². The molecule has 0 radical (unpaired) electrons. The first-order valence-electron chi connectivity index (χ1n) is 9.36.